The smallest absolute Gasteiger partial charge is 0.278 e. The second kappa shape index (κ2) is 9.95. The lowest BCUT2D eigenvalue weighted by atomic mass is 10.0. The number of rotatable bonds is 7. The van der Waals surface area contributed by atoms with Crippen molar-refractivity contribution >= 4 is 23.2 Å². The molecule has 5 rings (SSSR count). The molecule has 0 fully saturated rings. The zero-order chi connectivity index (χ0) is 25.2. The summed E-state index contributed by atoms with van der Waals surface area (Å²) < 4.78 is 14.7. The Hall–Kier alpha value is -3.97. The molecule has 1 aliphatic rings. The van der Waals surface area contributed by atoms with Crippen molar-refractivity contribution in [2.45, 2.75) is 33.2 Å². The molecule has 0 aliphatic carbocycles. The third-order valence-corrected chi connectivity index (χ3v) is 6.35. The number of hydrogen-bond acceptors (Lipinski definition) is 4. The van der Waals surface area contributed by atoms with E-state index in [-0.39, 0.29) is 18.0 Å². The molecule has 7 nitrogen and oxygen atoms in total. The summed E-state index contributed by atoms with van der Waals surface area (Å²) in [7, 11) is 0. The number of ether oxygens (including phenoxy) is 2. The number of amides is 1. The van der Waals surface area contributed by atoms with Gasteiger partial charge in [0.15, 0.2) is 0 Å². The van der Waals surface area contributed by atoms with Gasteiger partial charge in [0.05, 0.1) is 17.9 Å². The van der Waals surface area contributed by atoms with E-state index in [0.717, 1.165) is 23.3 Å². The van der Waals surface area contributed by atoms with E-state index in [2.05, 4.69) is 12.2 Å². The molecule has 0 radical (unpaired) electrons. The highest BCUT2D eigenvalue weighted by molar-refractivity contribution is 6.30. The minimum absolute atomic E-state index is 0.115. The van der Waals surface area contributed by atoms with E-state index in [4.69, 9.17) is 21.1 Å². The number of carbonyl (C=O) groups is 1. The van der Waals surface area contributed by atoms with Crippen LogP contribution in [0.2, 0.25) is 5.02 Å². The number of nitrogens with one attached hydrogen (secondary N) is 1. The van der Waals surface area contributed by atoms with Crippen molar-refractivity contribution in [1.29, 1.82) is 0 Å². The molecule has 0 atom stereocenters. The summed E-state index contributed by atoms with van der Waals surface area (Å²) in [4.78, 5) is 26.7. The number of hydrogen-bond donors (Lipinski definition) is 1. The van der Waals surface area contributed by atoms with Crippen molar-refractivity contribution in [3.05, 3.63) is 98.8 Å². The maximum absolute atomic E-state index is 13.6. The normalized spacial score (nSPS) is 11.9. The van der Waals surface area contributed by atoms with Crippen molar-refractivity contribution in [3.63, 3.8) is 0 Å². The van der Waals surface area contributed by atoms with E-state index in [1.165, 1.54) is 4.68 Å². The second-order valence-electron chi connectivity index (χ2n) is 8.51. The fourth-order valence-corrected chi connectivity index (χ4v) is 4.53. The first-order valence-electron chi connectivity index (χ1n) is 11.9. The molecule has 0 saturated heterocycles. The van der Waals surface area contributed by atoms with Crippen molar-refractivity contribution in [2.24, 2.45) is 0 Å². The first-order chi connectivity index (χ1) is 17.5. The summed E-state index contributed by atoms with van der Waals surface area (Å²) >= 11 is 6.17. The standard InChI is InChI=1S/C28H26ClN3O4/c1-3-18-5-10-22(11-6-18)32-27(34)24-16-19-15-20(29)7-14-25(19)36-28(24)31(32)17-26(33)30-21-8-12-23(13-9-21)35-4-2/h5-15H,3-4,16-17H2,1-2H3,(H,30,33). The molecular weight excluding hydrogens is 478 g/mol. The SMILES string of the molecule is CCOc1ccc(NC(=O)Cn2c3c(c(=O)n2-c2ccc(CC)cc2)Cc2cc(Cl)ccc2O3)cc1. The molecule has 8 heteroatoms. The second-order valence-corrected chi connectivity index (χ2v) is 8.95. The molecule has 1 N–H and O–H groups in total. The molecule has 0 spiro atoms. The number of carbonyl (C=O) groups excluding carboxylic acids is 1. The Morgan fingerprint density at radius 2 is 1.81 bits per heavy atom. The van der Waals surface area contributed by atoms with Gasteiger partial charge in [-0.2, -0.15) is 0 Å². The highest BCUT2D eigenvalue weighted by Gasteiger charge is 2.29. The van der Waals surface area contributed by atoms with Crippen LogP contribution in [0.5, 0.6) is 17.4 Å². The fraction of sp³-hybridized carbons (Fsp3) is 0.214. The Labute approximate surface area is 213 Å². The summed E-state index contributed by atoms with van der Waals surface area (Å²) in [6.07, 6.45) is 1.25. The van der Waals surface area contributed by atoms with Crippen LogP contribution in [0.4, 0.5) is 5.69 Å². The van der Waals surface area contributed by atoms with Gasteiger partial charge in [-0.05, 0) is 73.5 Å². The monoisotopic (exact) mass is 503 g/mol. The van der Waals surface area contributed by atoms with E-state index in [1.807, 2.05) is 31.2 Å². The first kappa shape index (κ1) is 23.8. The van der Waals surface area contributed by atoms with Crippen molar-refractivity contribution in [1.82, 2.24) is 9.36 Å². The summed E-state index contributed by atoms with van der Waals surface area (Å²) in [5, 5.41) is 3.47. The molecular formula is C28H26ClN3O4. The van der Waals surface area contributed by atoms with Crippen molar-refractivity contribution in [2.75, 3.05) is 11.9 Å². The van der Waals surface area contributed by atoms with Crippen molar-refractivity contribution in [3.8, 4) is 23.1 Å². The van der Waals surface area contributed by atoms with Crippen LogP contribution in [-0.2, 0) is 24.2 Å². The predicted molar refractivity (Wildman–Crippen MR) is 140 cm³/mol. The van der Waals surface area contributed by atoms with Gasteiger partial charge in [-0.3, -0.25) is 9.59 Å². The van der Waals surface area contributed by atoms with Gasteiger partial charge in [0.2, 0.25) is 11.8 Å². The number of aryl methyl sites for hydroxylation is 1. The van der Waals surface area contributed by atoms with Gasteiger partial charge in [-0.1, -0.05) is 30.7 Å². The highest BCUT2D eigenvalue weighted by Crippen LogP contribution is 2.37. The number of aromatic nitrogens is 2. The Bertz CT molecular complexity index is 1470. The molecule has 36 heavy (non-hydrogen) atoms. The molecule has 0 unspecified atom stereocenters. The Balaban J connectivity index is 1.51. The molecule has 1 amide bonds. The quantitative estimate of drug-likeness (QED) is 0.314. The fourth-order valence-electron chi connectivity index (χ4n) is 4.33. The molecule has 2 heterocycles. The third-order valence-electron chi connectivity index (χ3n) is 6.11. The van der Waals surface area contributed by atoms with Gasteiger partial charge in [0.1, 0.15) is 18.0 Å². The Morgan fingerprint density at radius 3 is 2.50 bits per heavy atom. The number of anilines is 1. The van der Waals surface area contributed by atoms with E-state index < -0.39 is 0 Å². The lowest BCUT2D eigenvalue weighted by Gasteiger charge is -2.20. The third kappa shape index (κ3) is 4.62. The number of nitrogens with zero attached hydrogens (tertiary/aromatic N) is 2. The average Bonchev–Trinajstić information content (AvgIpc) is 3.14. The van der Waals surface area contributed by atoms with E-state index in [0.29, 0.717) is 46.6 Å². The van der Waals surface area contributed by atoms with Crippen LogP contribution in [0.1, 0.15) is 30.5 Å². The molecule has 0 saturated carbocycles. The van der Waals surface area contributed by atoms with E-state index in [1.54, 1.807) is 47.1 Å². The van der Waals surface area contributed by atoms with Crippen LogP contribution < -0.4 is 20.3 Å². The Kier molecular flexibility index (Phi) is 6.57. The largest absolute Gasteiger partial charge is 0.494 e. The molecule has 0 bridgehead atoms. The summed E-state index contributed by atoms with van der Waals surface area (Å²) in [6, 6.07) is 20.2. The Morgan fingerprint density at radius 1 is 1.06 bits per heavy atom. The number of benzene rings is 3. The molecule has 1 aromatic heterocycles. The van der Waals surface area contributed by atoms with Crippen LogP contribution in [0.15, 0.2) is 71.5 Å². The summed E-state index contributed by atoms with van der Waals surface area (Å²) in [5.41, 5.74) is 3.53. The van der Waals surface area contributed by atoms with Gasteiger partial charge in [-0.25, -0.2) is 9.36 Å². The van der Waals surface area contributed by atoms with Crippen LogP contribution >= 0.6 is 11.6 Å². The van der Waals surface area contributed by atoms with Gasteiger partial charge in [0, 0.05) is 22.7 Å². The summed E-state index contributed by atoms with van der Waals surface area (Å²) in [5.74, 6) is 1.41. The molecule has 184 valence electrons. The van der Waals surface area contributed by atoms with Gasteiger partial charge < -0.3 is 14.8 Å². The molecule has 1 aliphatic heterocycles. The van der Waals surface area contributed by atoms with Gasteiger partial charge in [-0.15, -0.1) is 0 Å². The lowest BCUT2D eigenvalue weighted by Crippen LogP contribution is -2.27. The van der Waals surface area contributed by atoms with Crippen LogP contribution in [0.3, 0.4) is 0 Å². The van der Waals surface area contributed by atoms with Crippen molar-refractivity contribution < 1.29 is 14.3 Å². The maximum Gasteiger partial charge on any atom is 0.278 e. The van der Waals surface area contributed by atoms with E-state index in [9.17, 15) is 9.59 Å². The lowest BCUT2D eigenvalue weighted by molar-refractivity contribution is -0.117. The zero-order valence-electron chi connectivity index (χ0n) is 20.1. The van der Waals surface area contributed by atoms with Crippen LogP contribution in [0.25, 0.3) is 5.69 Å². The van der Waals surface area contributed by atoms with Gasteiger partial charge in [0.25, 0.3) is 5.56 Å². The number of halogens is 1. The predicted octanol–water partition coefficient (Wildman–Crippen LogP) is 5.59. The zero-order valence-corrected chi connectivity index (χ0v) is 20.8. The van der Waals surface area contributed by atoms with E-state index >= 15 is 0 Å². The first-order valence-corrected chi connectivity index (χ1v) is 12.3. The van der Waals surface area contributed by atoms with Gasteiger partial charge >= 0.3 is 0 Å². The molecule has 3 aromatic carbocycles. The maximum atomic E-state index is 13.6. The average molecular weight is 504 g/mol. The summed E-state index contributed by atoms with van der Waals surface area (Å²) in [6.45, 7) is 4.44. The number of fused-ring (bicyclic) bond motifs is 2. The van der Waals surface area contributed by atoms with Crippen LogP contribution in [0, 0.1) is 0 Å². The van der Waals surface area contributed by atoms with Crippen LogP contribution in [-0.4, -0.2) is 21.9 Å². The highest BCUT2D eigenvalue weighted by atomic mass is 35.5. The molecule has 4 aromatic rings. The minimum Gasteiger partial charge on any atom is -0.494 e. The topological polar surface area (TPSA) is 74.5 Å². The minimum atomic E-state index is -0.290.